The number of benzene rings is 1. The summed E-state index contributed by atoms with van der Waals surface area (Å²) in [4.78, 5) is 16.9. The largest absolute Gasteiger partial charge is 0.335 e. The van der Waals surface area contributed by atoms with E-state index in [0.29, 0.717) is 17.9 Å². The van der Waals surface area contributed by atoms with E-state index in [2.05, 4.69) is 54.6 Å². The summed E-state index contributed by atoms with van der Waals surface area (Å²) in [6.45, 7) is 2.88. The molecule has 132 valence electrons. The summed E-state index contributed by atoms with van der Waals surface area (Å²) < 4.78 is 0. The number of urea groups is 1. The third-order valence-electron chi connectivity index (χ3n) is 5.51. The van der Waals surface area contributed by atoms with Gasteiger partial charge in [0.05, 0.1) is 0 Å². The molecule has 24 heavy (non-hydrogen) atoms. The van der Waals surface area contributed by atoms with Crippen LogP contribution in [0.2, 0.25) is 0 Å². The Balaban J connectivity index is 1.50. The van der Waals surface area contributed by atoms with Gasteiger partial charge in [-0.3, -0.25) is 0 Å². The predicted octanol–water partition coefficient (Wildman–Crippen LogP) is 2.99. The van der Waals surface area contributed by atoms with Crippen molar-refractivity contribution in [3.05, 3.63) is 35.9 Å². The Bertz CT molecular complexity index is 531. The molecule has 1 aliphatic carbocycles. The molecule has 1 N–H and O–H groups in total. The number of hydrogen-bond acceptors (Lipinski definition) is 2. The normalized spacial score (nSPS) is 27.0. The molecule has 0 unspecified atom stereocenters. The molecule has 0 spiro atoms. The second kappa shape index (κ2) is 8.02. The fourth-order valence-corrected chi connectivity index (χ4v) is 4.32. The van der Waals surface area contributed by atoms with Gasteiger partial charge in [0.15, 0.2) is 0 Å². The molecule has 1 saturated carbocycles. The van der Waals surface area contributed by atoms with Crippen LogP contribution in [0, 0.1) is 11.8 Å². The molecule has 1 saturated heterocycles. The van der Waals surface area contributed by atoms with E-state index in [0.717, 1.165) is 38.9 Å². The molecule has 1 aromatic carbocycles. The van der Waals surface area contributed by atoms with Crippen molar-refractivity contribution in [2.45, 2.75) is 38.1 Å². The van der Waals surface area contributed by atoms with Crippen LogP contribution in [0.15, 0.2) is 30.3 Å². The highest BCUT2D eigenvalue weighted by Gasteiger charge is 2.32. The summed E-state index contributed by atoms with van der Waals surface area (Å²) in [5, 5.41) is 3.34. The zero-order valence-electron chi connectivity index (χ0n) is 15.1. The predicted molar refractivity (Wildman–Crippen MR) is 98.0 cm³/mol. The topological polar surface area (TPSA) is 35.6 Å². The maximum absolute atomic E-state index is 12.6. The molecule has 3 atom stereocenters. The molecule has 0 bridgehead atoms. The summed E-state index contributed by atoms with van der Waals surface area (Å²) in [5.41, 5.74) is 1.39. The summed E-state index contributed by atoms with van der Waals surface area (Å²) in [6.07, 6.45) is 5.78. The van der Waals surface area contributed by atoms with E-state index < -0.39 is 0 Å². The van der Waals surface area contributed by atoms with Crippen molar-refractivity contribution in [1.29, 1.82) is 0 Å². The molecule has 1 aromatic rings. The number of amides is 2. The maximum atomic E-state index is 12.6. The monoisotopic (exact) mass is 329 g/mol. The van der Waals surface area contributed by atoms with Crippen LogP contribution >= 0.6 is 0 Å². The van der Waals surface area contributed by atoms with Gasteiger partial charge in [-0.1, -0.05) is 36.8 Å². The van der Waals surface area contributed by atoms with Crippen LogP contribution in [0.25, 0.3) is 0 Å². The minimum absolute atomic E-state index is 0.154. The van der Waals surface area contributed by atoms with Gasteiger partial charge in [0, 0.05) is 25.7 Å². The summed E-state index contributed by atoms with van der Waals surface area (Å²) >= 11 is 0. The van der Waals surface area contributed by atoms with Crippen LogP contribution in [0.4, 0.5) is 4.79 Å². The first-order valence-electron chi connectivity index (χ1n) is 9.36. The molecule has 0 radical (unpaired) electrons. The molecule has 2 fully saturated rings. The Kier molecular flexibility index (Phi) is 5.77. The molecular formula is C20H31N3O. The lowest BCUT2D eigenvalue weighted by atomic mass is 9.95. The van der Waals surface area contributed by atoms with E-state index in [1.165, 1.54) is 18.4 Å². The number of carbonyl (C=O) groups is 1. The van der Waals surface area contributed by atoms with Crippen molar-refractivity contribution in [2.24, 2.45) is 11.8 Å². The SMILES string of the molecule is CN(C)C[C@@H]1CCN(C(=O)N[C@H]2CCC[C@@H]2Cc2ccccc2)C1. The summed E-state index contributed by atoms with van der Waals surface area (Å²) in [7, 11) is 4.21. The number of hydrogen-bond donors (Lipinski definition) is 1. The van der Waals surface area contributed by atoms with Gasteiger partial charge in [-0.15, -0.1) is 0 Å². The molecule has 0 aromatic heterocycles. The first kappa shape index (κ1) is 17.3. The van der Waals surface area contributed by atoms with E-state index in [1.807, 2.05) is 4.90 Å². The Labute approximate surface area is 146 Å². The maximum Gasteiger partial charge on any atom is 0.317 e. The quantitative estimate of drug-likeness (QED) is 0.901. The lowest BCUT2D eigenvalue weighted by Gasteiger charge is -2.25. The highest BCUT2D eigenvalue weighted by atomic mass is 16.2. The van der Waals surface area contributed by atoms with E-state index >= 15 is 0 Å². The molecule has 2 amide bonds. The number of carbonyl (C=O) groups excluding carboxylic acids is 1. The zero-order valence-corrected chi connectivity index (χ0v) is 15.1. The van der Waals surface area contributed by atoms with Gasteiger partial charge in [0.1, 0.15) is 0 Å². The smallest absolute Gasteiger partial charge is 0.317 e. The standard InChI is InChI=1S/C20H31N3O/c1-22(2)14-17-11-12-23(15-17)20(24)21-19-10-6-9-18(19)13-16-7-4-3-5-8-16/h3-5,7-8,17-19H,6,9-15H2,1-2H3,(H,21,24)/t17-,18+,19-/m0/s1. The Morgan fingerprint density at radius 3 is 2.75 bits per heavy atom. The number of rotatable bonds is 5. The Morgan fingerprint density at radius 2 is 2.00 bits per heavy atom. The van der Waals surface area contributed by atoms with Crippen LogP contribution in [0.1, 0.15) is 31.2 Å². The van der Waals surface area contributed by atoms with Gasteiger partial charge in [-0.25, -0.2) is 4.79 Å². The minimum atomic E-state index is 0.154. The highest BCUT2D eigenvalue weighted by Crippen LogP contribution is 2.29. The van der Waals surface area contributed by atoms with Crippen LogP contribution in [-0.4, -0.2) is 55.6 Å². The number of nitrogens with zero attached hydrogens (tertiary/aromatic N) is 2. The molecular weight excluding hydrogens is 298 g/mol. The number of likely N-dealkylation sites (tertiary alicyclic amines) is 1. The third-order valence-corrected chi connectivity index (χ3v) is 5.51. The Hall–Kier alpha value is -1.55. The van der Waals surface area contributed by atoms with Crippen LogP contribution in [0.3, 0.4) is 0 Å². The lowest BCUT2D eigenvalue weighted by Crippen LogP contribution is -2.45. The van der Waals surface area contributed by atoms with Gasteiger partial charge in [0.25, 0.3) is 0 Å². The molecule has 1 aliphatic heterocycles. The van der Waals surface area contributed by atoms with Gasteiger partial charge in [-0.05, 0) is 57.2 Å². The van der Waals surface area contributed by atoms with Crippen LogP contribution in [-0.2, 0) is 6.42 Å². The molecule has 2 aliphatic rings. The van der Waals surface area contributed by atoms with E-state index in [4.69, 9.17) is 0 Å². The first-order chi connectivity index (χ1) is 11.6. The highest BCUT2D eigenvalue weighted by molar-refractivity contribution is 5.74. The third kappa shape index (κ3) is 4.50. The van der Waals surface area contributed by atoms with Gasteiger partial charge < -0.3 is 15.1 Å². The molecule has 4 heteroatoms. The summed E-state index contributed by atoms with van der Waals surface area (Å²) in [6, 6.07) is 11.2. The van der Waals surface area contributed by atoms with Crippen molar-refractivity contribution in [3.63, 3.8) is 0 Å². The van der Waals surface area contributed by atoms with Gasteiger partial charge >= 0.3 is 6.03 Å². The van der Waals surface area contributed by atoms with Crippen LogP contribution in [0.5, 0.6) is 0 Å². The van der Waals surface area contributed by atoms with Crippen molar-refractivity contribution in [1.82, 2.24) is 15.1 Å². The zero-order chi connectivity index (χ0) is 16.9. The minimum Gasteiger partial charge on any atom is -0.335 e. The van der Waals surface area contributed by atoms with Crippen molar-refractivity contribution >= 4 is 6.03 Å². The second-order valence-corrected chi connectivity index (χ2v) is 7.80. The fourth-order valence-electron chi connectivity index (χ4n) is 4.32. The van der Waals surface area contributed by atoms with Crippen molar-refractivity contribution < 1.29 is 4.79 Å². The first-order valence-corrected chi connectivity index (χ1v) is 9.36. The molecule has 4 nitrogen and oxygen atoms in total. The average molecular weight is 329 g/mol. The van der Waals surface area contributed by atoms with Gasteiger partial charge in [-0.2, -0.15) is 0 Å². The molecule has 3 rings (SSSR count). The molecule has 1 heterocycles. The van der Waals surface area contributed by atoms with Crippen LogP contribution < -0.4 is 5.32 Å². The van der Waals surface area contributed by atoms with Gasteiger partial charge in [0.2, 0.25) is 0 Å². The summed E-state index contributed by atoms with van der Waals surface area (Å²) in [5.74, 6) is 1.20. The Morgan fingerprint density at radius 1 is 1.21 bits per heavy atom. The van der Waals surface area contributed by atoms with Crippen molar-refractivity contribution in [2.75, 3.05) is 33.7 Å². The lowest BCUT2D eigenvalue weighted by molar-refractivity contribution is 0.198. The van der Waals surface area contributed by atoms with E-state index in [1.54, 1.807) is 0 Å². The fraction of sp³-hybridized carbons (Fsp3) is 0.650. The van der Waals surface area contributed by atoms with Crippen molar-refractivity contribution in [3.8, 4) is 0 Å². The average Bonchev–Trinajstić information content (AvgIpc) is 3.18. The van der Waals surface area contributed by atoms with E-state index in [9.17, 15) is 4.79 Å². The second-order valence-electron chi connectivity index (χ2n) is 7.80. The number of nitrogens with one attached hydrogen (secondary N) is 1. The van der Waals surface area contributed by atoms with E-state index in [-0.39, 0.29) is 6.03 Å².